The maximum atomic E-state index is 6.40. The summed E-state index contributed by atoms with van der Waals surface area (Å²) in [6, 6.07) is 87.5. The van der Waals surface area contributed by atoms with Crippen molar-refractivity contribution in [2.75, 3.05) is 4.90 Å². The van der Waals surface area contributed by atoms with E-state index in [0.717, 1.165) is 50.1 Å². The number of anilines is 3. The second-order valence-corrected chi connectivity index (χ2v) is 17.5. The molecule has 1 heterocycles. The van der Waals surface area contributed by atoms with Crippen molar-refractivity contribution in [2.45, 2.75) is 5.41 Å². The van der Waals surface area contributed by atoms with E-state index in [1.165, 1.54) is 77.2 Å². The standard InChI is InChI=1S/C63H39NO/c1-2-18-40(19-3-1)43-20-12-16-32-58(43)64(42-35-37-60-54(39-42)49-26-13-17-33-59(49)65-60)41-34-36-57-53(38-41)47-24-5-4-21-44(47)48-25-10-14-30-55(48)63(57)56-31-15-11-29-52(56)61-50-27-8-6-22-45(50)46-23-7-9-28-51(46)62(61)63/h1-39H. The molecule has 0 saturated heterocycles. The highest BCUT2D eigenvalue weighted by molar-refractivity contribution is 6.20. The molecule has 0 saturated carbocycles. The van der Waals surface area contributed by atoms with Crippen LogP contribution in [0.25, 0.3) is 88.0 Å². The van der Waals surface area contributed by atoms with Gasteiger partial charge >= 0.3 is 0 Å². The molecule has 0 radical (unpaired) electrons. The van der Waals surface area contributed by atoms with E-state index in [-0.39, 0.29) is 0 Å². The highest BCUT2D eigenvalue weighted by Crippen LogP contribution is 2.64. The van der Waals surface area contributed by atoms with Crippen molar-refractivity contribution >= 4 is 60.5 Å². The smallest absolute Gasteiger partial charge is 0.135 e. The van der Waals surface area contributed by atoms with Gasteiger partial charge in [0.25, 0.3) is 0 Å². The highest BCUT2D eigenvalue weighted by atomic mass is 16.3. The number of rotatable bonds is 4. The molecule has 1 atom stereocenters. The van der Waals surface area contributed by atoms with Gasteiger partial charge < -0.3 is 9.32 Å². The third-order valence-corrected chi connectivity index (χ3v) is 14.3. The lowest BCUT2D eigenvalue weighted by Crippen LogP contribution is -2.29. The van der Waals surface area contributed by atoms with Crippen LogP contribution < -0.4 is 4.90 Å². The number of para-hydroxylation sites is 2. The van der Waals surface area contributed by atoms with Crippen LogP contribution in [0.4, 0.5) is 17.1 Å². The molecule has 0 fully saturated rings. The molecule has 0 amide bonds. The lowest BCUT2D eigenvalue weighted by molar-refractivity contribution is 0.669. The van der Waals surface area contributed by atoms with Gasteiger partial charge in [-0.15, -0.1) is 0 Å². The lowest BCUT2D eigenvalue weighted by Gasteiger charge is -2.37. The van der Waals surface area contributed by atoms with E-state index in [4.69, 9.17) is 4.42 Å². The molecule has 11 aromatic carbocycles. The summed E-state index contributed by atoms with van der Waals surface area (Å²) in [5.41, 5.74) is 19.4. The molecule has 302 valence electrons. The molecule has 0 aliphatic heterocycles. The Morgan fingerprint density at radius 2 is 0.815 bits per heavy atom. The van der Waals surface area contributed by atoms with Crippen molar-refractivity contribution in [3.8, 4) is 44.5 Å². The van der Waals surface area contributed by atoms with Gasteiger partial charge in [-0.1, -0.05) is 194 Å². The van der Waals surface area contributed by atoms with Crippen LogP contribution in [0.15, 0.2) is 241 Å². The summed E-state index contributed by atoms with van der Waals surface area (Å²) in [7, 11) is 0. The van der Waals surface area contributed by atoms with E-state index < -0.39 is 5.41 Å². The van der Waals surface area contributed by atoms with Gasteiger partial charge in [0.05, 0.1) is 11.1 Å². The maximum absolute atomic E-state index is 6.40. The summed E-state index contributed by atoms with van der Waals surface area (Å²) in [5.74, 6) is 0. The summed E-state index contributed by atoms with van der Waals surface area (Å²) in [6.45, 7) is 0. The Morgan fingerprint density at radius 1 is 0.308 bits per heavy atom. The van der Waals surface area contributed by atoms with E-state index in [1.54, 1.807) is 0 Å². The number of benzene rings is 11. The summed E-state index contributed by atoms with van der Waals surface area (Å²) in [6.07, 6.45) is 0. The fourth-order valence-corrected chi connectivity index (χ4v) is 11.7. The lowest BCUT2D eigenvalue weighted by atomic mass is 9.64. The van der Waals surface area contributed by atoms with Crippen LogP contribution in [0, 0.1) is 0 Å². The van der Waals surface area contributed by atoms with Gasteiger partial charge in [0, 0.05) is 27.7 Å². The second kappa shape index (κ2) is 13.8. The summed E-state index contributed by atoms with van der Waals surface area (Å²) >= 11 is 0. The molecule has 65 heavy (non-hydrogen) atoms. The zero-order valence-corrected chi connectivity index (χ0v) is 35.4. The maximum Gasteiger partial charge on any atom is 0.135 e. The monoisotopic (exact) mass is 825 g/mol. The molecule has 1 spiro atoms. The quantitative estimate of drug-likeness (QED) is 0.164. The Balaban J connectivity index is 1.13. The molecular formula is C63H39NO. The topological polar surface area (TPSA) is 16.4 Å². The van der Waals surface area contributed by atoms with Crippen molar-refractivity contribution in [2.24, 2.45) is 0 Å². The Bertz CT molecular complexity index is 3910. The molecule has 0 N–H and O–H groups in total. The minimum Gasteiger partial charge on any atom is -0.456 e. The number of hydrogen-bond donors (Lipinski definition) is 0. The number of nitrogens with zero attached hydrogens (tertiary/aromatic N) is 1. The van der Waals surface area contributed by atoms with E-state index >= 15 is 0 Å². The van der Waals surface area contributed by atoms with Gasteiger partial charge in [-0.2, -0.15) is 0 Å². The first-order valence-electron chi connectivity index (χ1n) is 22.5. The summed E-state index contributed by atoms with van der Waals surface area (Å²) in [4.78, 5) is 2.45. The molecule has 12 aromatic rings. The zero-order chi connectivity index (χ0) is 42.6. The second-order valence-electron chi connectivity index (χ2n) is 17.5. The Labute approximate surface area is 376 Å². The normalized spacial score (nSPS) is 14.5. The van der Waals surface area contributed by atoms with E-state index in [2.05, 4.69) is 235 Å². The number of furan rings is 1. The van der Waals surface area contributed by atoms with Crippen molar-refractivity contribution in [1.82, 2.24) is 0 Å². The Kier molecular flexibility index (Phi) is 7.64. The molecular weight excluding hydrogens is 787 g/mol. The van der Waals surface area contributed by atoms with Crippen LogP contribution in [0.5, 0.6) is 0 Å². The van der Waals surface area contributed by atoms with Crippen LogP contribution in [-0.2, 0) is 5.41 Å². The first kappa shape index (κ1) is 36.1. The first-order chi connectivity index (χ1) is 32.3. The average molecular weight is 826 g/mol. The largest absolute Gasteiger partial charge is 0.456 e. The Hall–Kier alpha value is -8.46. The number of hydrogen-bond acceptors (Lipinski definition) is 2. The first-order valence-corrected chi connectivity index (χ1v) is 22.5. The van der Waals surface area contributed by atoms with E-state index in [9.17, 15) is 0 Å². The highest BCUT2D eigenvalue weighted by Gasteiger charge is 2.51. The van der Waals surface area contributed by atoms with Crippen LogP contribution in [0.1, 0.15) is 22.3 Å². The third-order valence-electron chi connectivity index (χ3n) is 14.3. The van der Waals surface area contributed by atoms with Crippen LogP contribution >= 0.6 is 0 Å². The average Bonchev–Trinajstić information content (AvgIpc) is 3.88. The predicted molar refractivity (Wildman–Crippen MR) is 271 cm³/mol. The van der Waals surface area contributed by atoms with Gasteiger partial charge in [-0.3, -0.25) is 0 Å². The Morgan fingerprint density at radius 3 is 1.60 bits per heavy atom. The summed E-state index contributed by atoms with van der Waals surface area (Å²) < 4.78 is 6.40. The third kappa shape index (κ3) is 4.99. The molecule has 2 nitrogen and oxygen atoms in total. The van der Waals surface area contributed by atoms with Crippen LogP contribution in [0.3, 0.4) is 0 Å². The van der Waals surface area contributed by atoms with Gasteiger partial charge in [0.2, 0.25) is 0 Å². The minimum atomic E-state index is -0.652. The van der Waals surface area contributed by atoms with Gasteiger partial charge in [-0.25, -0.2) is 0 Å². The van der Waals surface area contributed by atoms with Crippen molar-refractivity contribution < 1.29 is 4.42 Å². The molecule has 1 unspecified atom stereocenters. The number of fused-ring (bicyclic) bond motifs is 20. The van der Waals surface area contributed by atoms with Crippen LogP contribution in [-0.4, -0.2) is 0 Å². The molecule has 0 bridgehead atoms. The fourth-order valence-electron chi connectivity index (χ4n) is 11.7. The van der Waals surface area contributed by atoms with E-state index in [1.807, 2.05) is 6.07 Å². The zero-order valence-electron chi connectivity index (χ0n) is 35.4. The van der Waals surface area contributed by atoms with E-state index in [0.29, 0.717) is 0 Å². The van der Waals surface area contributed by atoms with Crippen molar-refractivity contribution in [3.05, 3.63) is 259 Å². The van der Waals surface area contributed by atoms with Crippen LogP contribution in [0.2, 0.25) is 0 Å². The van der Waals surface area contributed by atoms with Crippen molar-refractivity contribution in [1.29, 1.82) is 0 Å². The molecule has 1 aromatic heterocycles. The SMILES string of the molecule is c1ccc(-c2ccccc2N(c2ccc3c(c2)-c2ccccc2-c2ccccc2C32c3ccccc3-c3c2c2ccccc2c2ccccc32)c2ccc3oc4ccccc4c3c2)cc1. The fraction of sp³-hybridized carbons (Fsp3) is 0.0159. The van der Waals surface area contributed by atoms with Gasteiger partial charge in [0.15, 0.2) is 0 Å². The van der Waals surface area contributed by atoms with Gasteiger partial charge in [-0.05, 0) is 125 Å². The molecule has 2 aliphatic carbocycles. The van der Waals surface area contributed by atoms with Gasteiger partial charge in [0.1, 0.15) is 11.2 Å². The molecule has 14 rings (SSSR count). The van der Waals surface area contributed by atoms with Crippen molar-refractivity contribution in [3.63, 3.8) is 0 Å². The molecule has 2 aliphatic rings. The minimum absolute atomic E-state index is 0.652. The predicted octanol–water partition coefficient (Wildman–Crippen LogP) is 17.0. The summed E-state index contributed by atoms with van der Waals surface area (Å²) in [5, 5.41) is 7.32. The molecule has 2 heteroatoms.